The molecule has 0 aromatic carbocycles. The van der Waals surface area contributed by atoms with E-state index in [-0.39, 0.29) is 25.7 Å². The van der Waals surface area contributed by atoms with E-state index in [0.29, 0.717) is 25.7 Å². The highest BCUT2D eigenvalue weighted by molar-refractivity contribution is 7.47. The van der Waals surface area contributed by atoms with Crippen molar-refractivity contribution in [1.82, 2.24) is 0 Å². The van der Waals surface area contributed by atoms with Crippen molar-refractivity contribution in [3.63, 3.8) is 0 Å². The summed E-state index contributed by atoms with van der Waals surface area (Å²) in [5, 5.41) is 10.7. The minimum absolute atomic E-state index is 0.106. The number of hydrogen-bond acceptors (Lipinski definition) is 15. The molecular formula is C86H168O17P2. The summed E-state index contributed by atoms with van der Waals surface area (Å²) in [4.78, 5) is 73.2. The number of carbonyl (C=O) groups excluding carboxylic acids is 4. The molecule has 0 radical (unpaired) electrons. The molecule has 0 aliphatic rings. The quantitative estimate of drug-likeness (QED) is 0.0222. The second kappa shape index (κ2) is 76.1. The van der Waals surface area contributed by atoms with Gasteiger partial charge in [-0.2, -0.15) is 0 Å². The second-order valence-corrected chi connectivity index (χ2v) is 35.0. The van der Waals surface area contributed by atoms with Gasteiger partial charge in [0.15, 0.2) is 12.2 Å². The van der Waals surface area contributed by atoms with Crippen LogP contribution in [-0.4, -0.2) is 96.7 Å². The van der Waals surface area contributed by atoms with E-state index in [1.165, 1.54) is 263 Å². The van der Waals surface area contributed by atoms with Gasteiger partial charge in [-0.05, 0) is 43.4 Å². The molecule has 0 rings (SSSR count). The van der Waals surface area contributed by atoms with Gasteiger partial charge in [-0.1, -0.05) is 402 Å². The Hall–Kier alpha value is -1.94. The number of carbonyl (C=O) groups is 4. The van der Waals surface area contributed by atoms with Gasteiger partial charge in [0.1, 0.15) is 19.3 Å². The van der Waals surface area contributed by atoms with Gasteiger partial charge in [-0.3, -0.25) is 37.3 Å². The number of aliphatic hydroxyl groups excluding tert-OH is 1. The minimum atomic E-state index is -4.97. The Kier molecular flexibility index (Phi) is 74.7. The Labute approximate surface area is 645 Å². The number of aliphatic hydroxyl groups is 1. The van der Waals surface area contributed by atoms with Crippen LogP contribution in [0, 0.1) is 17.8 Å². The summed E-state index contributed by atoms with van der Waals surface area (Å²) in [7, 11) is -9.93. The SMILES string of the molecule is CCCCCCCCCCCCCCCCCCCCCCCCC(=O)O[C@H](COC(=O)CCCCCCCCCCCCCCCCC(C)C)COP(=O)(O)OC[C@@H](O)COP(=O)(O)OC[C@@H](COC(=O)CCCCCCCCCCCC(C)C)OC(=O)CCCCCCCCCCCCC(C)CC. The molecule has 19 heteroatoms. The van der Waals surface area contributed by atoms with Gasteiger partial charge in [-0.25, -0.2) is 9.13 Å². The van der Waals surface area contributed by atoms with E-state index < -0.39 is 97.5 Å². The zero-order valence-corrected chi connectivity index (χ0v) is 71.0. The highest BCUT2D eigenvalue weighted by Crippen LogP contribution is 2.45. The summed E-state index contributed by atoms with van der Waals surface area (Å²) in [5.41, 5.74) is 0. The van der Waals surface area contributed by atoms with E-state index in [9.17, 15) is 43.2 Å². The molecular weight excluding hydrogens is 1370 g/mol. The number of unbranched alkanes of at least 4 members (excludes halogenated alkanes) is 51. The Morgan fingerprint density at radius 1 is 0.276 bits per heavy atom. The number of hydrogen-bond donors (Lipinski definition) is 3. The van der Waals surface area contributed by atoms with Gasteiger partial charge < -0.3 is 33.8 Å². The fraction of sp³-hybridized carbons (Fsp3) is 0.953. The Morgan fingerprint density at radius 3 is 0.724 bits per heavy atom. The summed E-state index contributed by atoms with van der Waals surface area (Å²) in [6.45, 7) is 12.0. The molecule has 105 heavy (non-hydrogen) atoms. The highest BCUT2D eigenvalue weighted by Gasteiger charge is 2.30. The van der Waals surface area contributed by atoms with Crippen molar-refractivity contribution < 1.29 is 80.2 Å². The van der Waals surface area contributed by atoms with Crippen LogP contribution in [0.5, 0.6) is 0 Å². The van der Waals surface area contributed by atoms with E-state index in [4.69, 9.17) is 37.0 Å². The van der Waals surface area contributed by atoms with Gasteiger partial charge in [0.25, 0.3) is 0 Å². The summed E-state index contributed by atoms with van der Waals surface area (Å²) in [5.74, 6) is 0.240. The smallest absolute Gasteiger partial charge is 0.462 e. The fourth-order valence-electron chi connectivity index (χ4n) is 13.3. The summed E-state index contributed by atoms with van der Waals surface area (Å²) >= 11 is 0. The molecule has 0 heterocycles. The first kappa shape index (κ1) is 103. The third-order valence-electron chi connectivity index (χ3n) is 20.5. The van der Waals surface area contributed by atoms with E-state index in [0.717, 1.165) is 108 Å². The van der Waals surface area contributed by atoms with Crippen molar-refractivity contribution in [2.45, 2.75) is 471 Å². The molecule has 0 aromatic heterocycles. The first-order valence-electron chi connectivity index (χ1n) is 44.4. The topological polar surface area (TPSA) is 237 Å². The zero-order valence-electron chi connectivity index (χ0n) is 69.2. The maximum atomic E-state index is 13.1. The summed E-state index contributed by atoms with van der Waals surface area (Å²) in [6.07, 6.45) is 66.7. The van der Waals surface area contributed by atoms with E-state index in [2.05, 4.69) is 48.5 Å². The summed E-state index contributed by atoms with van der Waals surface area (Å²) < 4.78 is 68.9. The maximum Gasteiger partial charge on any atom is 0.472 e. The average Bonchev–Trinajstić information content (AvgIpc) is 0.918. The number of phosphoric ester groups is 2. The highest BCUT2D eigenvalue weighted by atomic mass is 31.2. The maximum absolute atomic E-state index is 13.1. The van der Waals surface area contributed by atoms with Crippen molar-refractivity contribution in [1.29, 1.82) is 0 Å². The molecule has 17 nitrogen and oxygen atoms in total. The molecule has 0 aromatic rings. The van der Waals surface area contributed by atoms with Gasteiger partial charge in [0, 0.05) is 25.7 Å². The Bertz CT molecular complexity index is 2030. The van der Waals surface area contributed by atoms with Crippen LogP contribution in [0.3, 0.4) is 0 Å². The molecule has 6 atom stereocenters. The lowest BCUT2D eigenvalue weighted by Gasteiger charge is -2.21. The van der Waals surface area contributed by atoms with Crippen LogP contribution in [0.15, 0.2) is 0 Å². The van der Waals surface area contributed by atoms with Crippen molar-refractivity contribution in [2.75, 3.05) is 39.6 Å². The summed E-state index contributed by atoms with van der Waals surface area (Å²) in [6, 6.07) is 0. The van der Waals surface area contributed by atoms with Gasteiger partial charge in [-0.15, -0.1) is 0 Å². The number of rotatable bonds is 84. The van der Waals surface area contributed by atoms with Crippen molar-refractivity contribution >= 4 is 39.5 Å². The Morgan fingerprint density at radius 2 is 0.486 bits per heavy atom. The Balaban J connectivity index is 5.24. The van der Waals surface area contributed by atoms with Gasteiger partial charge >= 0.3 is 39.5 Å². The van der Waals surface area contributed by atoms with Crippen LogP contribution in [0.4, 0.5) is 0 Å². The lowest BCUT2D eigenvalue weighted by Crippen LogP contribution is -2.30. The first-order valence-corrected chi connectivity index (χ1v) is 47.4. The van der Waals surface area contributed by atoms with Gasteiger partial charge in [0.2, 0.25) is 0 Å². The molecule has 624 valence electrons. The molecule has 3 N–H and O–H groups in total. The molecule has 0 saturated heterocycles. The molecule has 0 fully saturated rings. The van der Waals surface area contributed by atoms with Gasteiger partial charge in [0.05, 0.1) is 26.4 Å². The van der Waals surface area contributed by atoms with E-state index in [1.54, 1.807) is 0 Å². The zero-order chi connectivity index (χ0) is 77.2. The van der Waals surface area contributed by atoms with Crippen LogP contribution in [0.2, 0.25) is 0 Å². The molecule has 0 saturated carbocycles. The van der Waals surface area contributed by atoms with Crippen LogP contribution in [-0.2, 0) is 65.4 Å². The molecule has 0 bridgehead atoms. The van der Waals surface area contributed by atoms with Crippen LogP contribution in [0.25, 0.3) is 0 Å². The number of ether oxygens (including phenoxy) is 4. The van der Waals surface area contributed by atoms with Crippen LogP contribution < -0.4 is 0 Å². The van der Waals surface area contributed by atoms with Crippen molar-refractivity contribution in [3.05, 3.63) is 0 Å². The standard InChI is InChI=1S/C86H168O17P2/c1-8-10-11-12-13-14-15-16-17-18-19-20-21-22-23-24-29-32-40-48-55-62-69-85(90)102-81(73-96-83(88)67-60-53-46-39-31-28-26-25-27-30-36-43-50-57-64-77(3)4)75-100-104(92,93)98-71-80(87)72-99-105(94,95)101-76-82(74-97-84(89)68-61-54-47-42-35-37-44-51-58-65-78(5)6)103-86(91)70-63-56-49-41-34-33-38-45-52-59-66-79(7)9-2/h77-82,87H,8-76H2,1-7H3,(H,92,93)(H,94,95)/t79?,80-,81-,82-/m1/s1. The second-order valence-electron chi connectivity index (χ2n) is 32.1. The predicted molar refractivity (Wildman–Crippen MR) is 432 cm³/mol. The predicted octanol–water partition coefficient (Wildman–Crippen LogP) is 26.1. The number of phosphoric acid groups is 2. The molecule has 0 amide bonds. The monoisotopic (exact) mass is 1540 g/mol. The molecule has 3 unspecified atom stereocenters. The van der Waals surface area contributed by atoms with Crippen LogP contribution in [0.1, 0.15) is 453 Å². The third-order valence-corrected chi connectivity index (χ3v) is 22.4. The number of esters is 4. The van der Waals surface area contributed by atoms with Crippen LogP contribution >= 0.6 is 15.6 Å². The normalized spacial score (nSPS) is 14.1. The largest absolute Gasteiger partial charge is 0.472 e. The lowest BCUT2D eigenvalue weighted by molar-refractivity contribution is -0.161. The van der Waals surface area contributed by atoms with Crippen molar-refractivity contribution in [2.24, 2.45) is 17.8 Å². The fourth-order valence-corrected chi connectivity index (χ4v) is 14.9. The molecule has 0 aliphatic carbocycles. The lowest BCUT2D eigenvalue weighted by atomic mass is 9.99. The average molecular weight is 1540 g/mol. The van der Waals surface area contributed by atoms with E-state index >= 15 is 0 Å². The first-order chi connectivity index (χ1) is 50.8. The van der Waals surface area contributed by atoms with E-state index in [1.807, 2.05) is 0 Å². The molecule has 0 spiro atoms. The van der Waals surface area contributed by atoms with Crippen molar-refractivity contribution in [3.8, 4) is 0 Å². The molecule has 0 aliphatic heterocycles. The minimum Gasteiger partial charge on any atom is -0.462 e. The third kappa shape index (κ3) is 78.5.